The molecule has 5 heteroatoms. The number of carbonyl (C=O) groups excluding carboxylic acids is 1. The highest BCUT2D eigenvalue weighted by molar-refractivity contribution is 5.83. The van der Waals surface area contributed by atoms with Gasteiger partial charge in [-0.2, -0.15) is 5.10 Å². The van der Waals surface area contributed by atoms with E-state index in [1.54, 1.807) is 10.7 Å². The zero-order valence-corrected chi connectivity index (χ0v) is 10.1. The second-order valence-corrected chi connectivity index (χ2v) is 4.83. The van der Waals surface area contributed by atoms with Gasteiger partial charge in [0.1, 0.15) is 5.82 Å². The molecule has 1 fully saturated rings. The number of fused-ring (bicyclic) bond motifs is 1. The molecule has 0 spiro atoms. The summed E-state index contributed by atoms with van der Waals surface area (Å²) in [7, 11) is 1.83. The Morgan fingerprint density at radius 2 is 2.44 bits per heavy atom. The van der Waals surface area contributed by atoms with Gasteiger partial charge in [0, 0.05) is 30.7 Å². The summed E-state index contributed by atoms with van der Waals surface area (Å²) in [6, 6.07) is 3.18. The van der Waals surface area contributed by atoms with Gasteiger partial charge in [-0.15, -0.1) is 0 Å². The van der Waals surface area contributed by atoms with Crippen molar-refractivity contribution in [1.82, 2.24) is 15.1 Å². The minimum Gasteiger partial charge on any atom is -0.358 e. The number of halogens is 1. The molecule has 1 aromatic heterocycles. The van der Waals surface area contributed by atoms with Crippen molar-refractivity contribution in [2.75, 3.05) is 6.54 Å². The van der Waals surface area contributed by atoms with E-state index in [9.17, 15) is 9.18 Å². The number of amides is 1. The number of aromatic nitrogens is 2. The normalized spacial score (nSPS) is 22.1. The van der Waals surface area contributed by atoms with Gasteiger partial charge < -0.3 is 5.32 Å². The maximum Gasteiger partial charge on any atom is 0.207 e. The lowest BCUT2D eigenvalue weighted by Gasteiger charge is -2.04. The Morgan fingerprint density at radius 3 is 3.22 bits per heavy atom. The van der Waals surface area contributed by atoms with Gasteiger partial charge in [-0.3, -0.25) is 9.48 Å². The van der Waals surface area contributed by atoms with Gasteiger partial charge in [-0.1, -0.05) is 0 Å². The third kappa shape index (κ3) is 1.75. The van der Waals surface area contributed by atoms with Gasteiger partial charge in [0.05, 0.1) is 5.52 Å². The fourth-order valence-electron chi connectivity index (χ4n) is 2.61. The van der Waals surface area contributed by atoms with Crippen molar-refractivity contribution >= 4 is 17.3 Å². The molecule has 94 valence electrons. The molecule has 0 bridgehead atoms. The number of rotatable bonds is 4. The van der Waals surface area contributed by atoms with Gasteiger partial charge in [-0.25, -0.2) is 4.39 Å². The molecular formula is C13H14FN3O. The van der Waals surface area contributed by atoms with Gasteiger partial charge in [0.15, 0.2) is 0 Å². The summed E-state index contributed by atoms with van der Waals surface area (Å²) >= 11 is 0. The van der Waals surface area contributed by atoms with Gasteiger partial charge in [-0.05, 0) is 30.4 Å². The highest BCUT2D eigenvalue weighted by Crippen LogP contribution is 2.49. The van der Waals surface area contributed by atoms with Crippen molar-refractivity contribution in [3.8, 4) is 0 Å². The van der Waals surface area contributed by atoms with E-state index in [0.29, 0.717) is 18.9 Å². The van der Waals surface area contributed by atoms with Crippen molar-refractivity contribution < 1.29 is 9.18 Å². The highest BCUT2D eigenvalue weighted by atomic mass is 19.1. The molecule has 4 nitrogen and oxygen atoms in total. The van der Waals surface area contributed by atoms with Gasteiger partial charge in [0.25, 0.3) is 0 Å². The van der Waals surface area contributed by atoms with Crippen LogP contribution in [-0.4, -0.2) is 22.7 Å². The molecule has 3 rings (SSSR count). The predicted octanol–water partition coefficient (Wildman–Crippen LogP) is 1.56. The van der Waals surface area contributed by atoms with Crippen LogP contribution in [-0.2, 0) is 11.8 Å². The first-order valence-electron chi connectivity index (χ1n) is 5.99. The second kappa shape index (κ2) is 4.08. The van der Waals surface area contributed by atoms with E-state index in [-0.39, 0.29) is 11.7 Å². The minimum atomic E-state index is -0.172. The van der Waals surface area contributed by atoms with Crippen LogP contribution in [0.5, 0.6) is 0 Å². The van der Waals surface area contributed by atoms with Crippen LogP contribution in [0.15, 0.2) is 18.3 Å². The number of benzene rings is 1. The van der Waals surface area contributed by atoms with Gasteiger partial charge in [0.2, 0.25) is 6.41 Å². The fourth-order valence-corrected chi connectivity index (χ4v) is 2.61. The molecule has 0 radical (unpaired) electrons. The molecule has 1 heterocycles. The molecule has 0 unspecified atom stereocenters. The van der Waals surface area contributed by atoms with Crippen LogP contribution in [0.1, 0.15) is 17.9 Å². The van der Waals surface area contributed by atoms with Crippen LogP contribution in [0, 0.1) is 11.7 Å². The average Bonchev–Trinajstić information content (AvgIpc) is 2.99. The number of hydrogen-bond donors (Lipinski definition) is 1. The van der Waals surface area contributed by atoms with E-state index in [4.69, 9.17) is 0 Å². The Bertz CT molecular complexity index is 608. The summed E-state index contributed by atoms with van der Waals surface area (Å²) in [5.41, 5.74) is 1.57. The monoisotopic (exact) mass is 247 g/mol. The third-order valence-electron chi connectivity index (χ3n) is 3.55. The summed E-state index contributed by atoms with van der Waals surface area (Å²) in [4.78, 5) is 10.3. The van der Waals surface area contributed by atoms with Crippen molar-refractivity contribution in [1.29, 1.82) is 0 Å². The number of hydrogen-bond acceptors (Lipinski definition) is 2. The number of nitrogens with zero attached hydrogens (tertiary/aromatic N) is 2. The Morgan fingerprint density at radius 1 is 1.61 bits per heavy atom. The molecule has 1 N–H and O–H groups in total. The SMILES string of the molecule is Cn1cc2c([C@H]3C[C@@H]3CNC=O)c(F)ccc2n1. The maximum atomic E-state index is 14.0. The molecule has 2 atom stereocenters. The van der Waals surface area contributed by atoms with E-state index in [0.717, 1.165) is 22.9 Å². The van der Waals surface area contributed by atoms with Crippen molar-refractivity contribution in [3.63, 3.8) is 0 Å². The minimum absolute atomic E-state index is 0.172. The first kappa shape index (κ1) is 11.2. The molecule has 1 aliphatic carbocycles. The first-order valence-corrected chi connectivity index (χ1v) is 5.99. The number of carbonyl (C=O) groups is 1. The number of nitrogens with one attached hydrogen (secondary N) is 1. The van der Waals surface area contributed by atoms with Crippen LogP contribution in [0.4, 0.5) is 4.39 Å². The topological polar surface area (TPSA) is 46.9 Å². The van der Waals surface area contributed by atoms with Crippen LogP contribution < -0.4 is 5.32 Å². The summed E-state index contributed by atoms with van der Waals surface area (Å²) in [5.74, 6) is 0.370. The second-order valence-electron chi connectivity index (χ2n) is 4.83. The lowest BCUT2D eigenvalue weighted by molar-refractivity contribution is -0.109. The quantitative estimate of drug-likeness (QED) is 0.833. The Kier molecular flexibility index (Phi) is 2.54. The average molecular weight is 247 g/mol. The third-order valence-corrected chi connectivity index (χ3v) is 3.55. The van der Waals surface area contributed by atoms with Crippen LogP contribution in [0.3, 0.4) is 0 Å². The molecule has 0 saturated heterocycles. The lowest BCUT2D eigenvalue weighted by atomic mass is 10.0. The molecule has 2 aromatic rings. The predicted molar refractivity (Wildman–Crippen MR) is 65.6 cm³/mol. The van der Waals surface area contributed by atoms with E-state index in [2.05, 4.69) is 10.4 Å². The van der Waals surface area contributed by atoms with Crippen molar-refractivity contribution in [2.24, 2.45) is 13.0 Å². The molecule has 1 aliphatic rings. The van der Waals surface area contributed by atoms with Crippen molar-refractivity contribution in [3.05, 3.63) is 29.7 Å². The van der Waals surface area contributed by atoms with E-state index < -0.39 is 0 Å². The standard InChI is InChI=1S/C13H14FN3O/c1-17-6-10-12(16-17)3-2-11(14)13(10)9-4-8(9)5-15-7-18/h2-3,6-9H,4-5H2,1H3,(H,15,18)/t8-,9+/m1/s1. The summed E-state index contributed by atoms with van der Waals surface area (Å²) in [5, 5.41) is 7.83. The summed E-state index contributed by atoms with van der Waals surface area (Å²) in [6.07, 6.45) is 3.47. The van der Waals surface area contributed by atoms with E-state index in [1.165, 1.54) is 6.07 Å². The Labute approximate surface area is 104 Å². The number of aryl methyl sites for hydroxylation is 1. The molecular weight excluding hydrogens is 233 g/mol. The highest BCUT2D eigenvalue weighted by Gasteiger charge is 2.40. The molecule has 1 aromatic carbocycles. The Hall–Kier alpha value is -1.91. The zero-order valence-electron chi connectivity index (χ0n) is 10.1. The Balaban J connectivity index is 1.96. The van der Waals surface area contributed by atoms with E-state index >= 15 is 0 Å². The van der Waals surface area contributed by atoms with E-state index in [1.807, 2.05) is 13.2 Å². The first-order chi connectivity index (χ1) is 8.70. The van der Waals surface area contributed by atoms with Crippen LogP contribution >= 0.6 is 0 Å². The molecule has 1 amide bonds. The molecule has 0 aliphatic heterocycles. The van der Waals surface area contributed by atoms with Crippen molar-refractivity contribution in [2.45, 2.75) is 12.3 Å². The van der Waals surface area contributed by atoms with Gasteiger partial charge >= 0.3 is 0 Å². The lowest BCUT2D eigenvalue weighted by Crippen LogP contribution is -2.14. The molecule has 1 saturated carbocycles. The van der Waals surface area contributed by atoms with Crippen LogP contribution in [0.2, 0.25) is 0 Å². The fraction of sp³-hybridized carbons (Fsp3) is 0.385. The summed E-state index contributed by atoms with van der Waals surface area (Å²) in [6.45, 7) is 0.615. The largest absolute Gasteiger partial charge is 0.358 e. The van der Waals surface area contributed by atoms with Crippen LogP contribution in [0.25, 0.3) is 10.9 Å². The summed E-state index contributed by atoms with van der Waals surface area (Å²) < 4.78 is 15.7. The smallest absolute Gasteiger partial charge is 0.207 e. The zero-order chi connectivity index (χ0) is 12.7. The maximum absolute atomic E-state index is 14.0. The molecule has 18 heavy (non-hydrogen) atoms.